The van der Waals surface area contributed by atoms with Gasteiger partial charge in [0.1, 0.15) is 0 Å². The standard InChI is InChI=1S/C26H35ClN2O4.ClH/c1-29(14-6-7-18-10-12-20(27)13-11-18)22-9-5-8-21(22)28-25(30)17-19-15-23(31-2)26(33-4)24(16-19)32-3;/h10-13,15-16,21-22H,5-9,14,17H2,1-4H3,(H,28,30);1H/t21-,22-;/m1./s1. The van der Waals surface area contributed by atoms with Gasteiger partial charge >= 0.3 is 0 Å². The highest BCUT2D eigenvalue weighted by atomic mass is 35.5. The minimum absolute atomic E-state index is 0. The molecule has 1 amide bonds. The smallest absolute Gasteiger partial charge is 0.224 e. The maximum absolute atomic E-state index is 12.9. The van der Waals surface area contributed by atoms with Gasteiger partial charge in [-0.15, -0.1) is 12.4 Å². The van der Waals surface area contributed by atoms with Crippen molar-refractivity contribution >= 4 is 29.9 Å². The lowest BCUT2D eigenvalue weighted by Crippen LogP contribution is -2.48. The van der Waals surface area contributed by atoms with Crippen LogP contribution in [0.5, 0.6) is 17.2 Å². The second kappa shape index (κ2) is 13.7. The molecule has 0 aromatic heterocycles. The fourth-order valence-corrected chi connectivity index (χ4v) is 4.79. The topological polar surface area (TPSA) is 60.0 Å². The van der Waals surface area contributed by atoms with Gasteiger partial charge in [0.2, 0.25) is 11.7 Å². The summed E-state index contributed by atoms with van der Waals surface area (Å²) in [5.41, 5.74) is 2.13. The summed E-state index contributed by atoms with van der Waals surface area (Å²) in [6.07, 6.45) is 5.59. The molecule has 0 bridgehead atoms. The molecule has 1 aliphatic carbocycles. The van der Waals surface area contributed by atoms with Gasteiger partial charge in [0.25, 0.3) is 0 Å². The molecule has 2 aromatic carbocycles. The molecule has 6 nitrogen and oxygen atoms in total. The fourth-order valence-electron chi connectivity index (χ4n) is 4.67. The molecule has 1 fully saturated rings. The third kappa shape index (κ3) is 7.42. The predicted octanol–water partition coefficient (Wildman–Crippen LogP) is 4.93. The molecule has 34 heavy (non-hydrogen) atoms. The monoisotopic (exact) mass is 510 g/mol. The van der Waals surface area contributed by atoms with Crippen molar-refractivity contribution < 1.29 is 19.0 Å². The Labute approximate surface area is 214 Å². The van der Waals surface area contributed by atoms with Crippen molar-refractivity contribution in [3.05, 3.63) is 52.5 Å². The summed E-state index contributed by atoms with van der Waals surface area (Å²) < 4.78 is 16.2. The van der Waals surface area contributed by atoms with Gasteiger partial charge in [0, 0.05) is 17.1 Å². The van der Waals surface area contributed by atoms with Gasteiger partial charge in [-0.2, -0.15) is 0 Å². The van der Waals surface area contributed by atoms with E-state index < -0.39 is 0 Å². The number of rotatable bonds is 11. The molecule has 0 saturated heterocycles. The highest BCUT2D eigenvalue weighted by molar-refractivity contribution is 6.30. The lowest BCUT2D eigenvalue weighted by atomic mass is 10.1. The van der Waals surface area contributed by atoms with Gasteiger partial charge in [-0.1, -0.05) is 23.7 Å². The van der Waals surface area contributed by atoms with Gasteiger partial charge < -0.3 is 24.4 Å². The number of methoxy groups -OCH3 is 3. The van der Waals surface area contributed by atoms with Crippen LogP contribution in [0.1, 0.15) is 36.8 Å². The molecule has 0 spiro atoms. The van der Waals surface area contributed by atoms with Crippen LogP contribution in [-0.2, 0) is 17.6 Å². The zero-order valence-electron chi connectivity index (χ0n) is 20.4. The number of nitrogens with zero attached hydrogens (tertiary/aromatic N) is 1. The predicted molar refractivity (Wildman–Crippen MR) is 139 cm³/mol. The van der Waals surface area contributed by atoms with Crippen LogP contribution in [0, 0.1) is 0 Å². The molecule has 0 aliphatic heterocycles. The first-order chi connectivity index (χ1) is 15.9. The van der Waals surface area contributed by atoms with Crippen molar-refractivity contribution in [1.82, 2.24) is 10.2 Å². The van der Waals surface area contributed by atoms with Gasteiger partial charge in [-0.25, -0.2) is 0 Å². The molecule has 1 saturated carbocycles. The molecule has 0 heterocycles. The summed E-state index contributed by atoms with van der Waals surface area (Å²) in [4.78, 5) is 15.3. The molecule has 8 heteroatoms. The summed E-state index contributed by atoms with van der Waals surface area (Å²) in [6, 6.07) is 12.2. The summed E-state index contributed by atoms with van der Waals surface area (Å²) in [5.74, 6) is 1.65. The Morgan fingerprint density at radius 3 is 2.26 bits per heavy atom. The van der Waals surface area contributed by atoms with E-state index in [1.165, 1.54) is 5.56 Å². The van der Waals surface area contributed by atoms with Gasteiger partial charge in [0.15, 0.2) is 11.5 Å². The number of aryl methyl sites for hydroxylation is 1. The second-order valence-electron chi connectivity index (χ2n) is 8.59. The minimum atomic E-state index is 0. The minimum Gasteiger partial charge on any atom is -0.493 e. The zero-order chi connectivity index (χ0) is 23.8. The van der Waals surface area contributed by atoms with Crippen LogP contribution in [0.15, 0.2) is 36.4 Å². The van der Waals surface area contributed by atoms with E-state index in [2.05, 4.69) is 29.4 Å². The number of carbonyl (C=O) groups excluding carboxylic acids is 1. The van der Waals surface area contributed by atoms with Crippen molar-refractivity contribution in [2.24, 2.45) is 0 Å². The quantitative estimate of drug-likeness (QED) is 0.464. The highest BCUT2D eigenvalue weighted by Crippen LogP contribution is 2.38. The molecular weight excluding hydrogens is 475 g/mol. The molecule has 0 radical (unpaired) electrons. The Balaban J connectivity index is 0.00000408. The summed E-state index contributed by atoms with van der Waals surface area (Å²) in [6.45, 7) is 0.993. The Hall–Kier alpha value is -2.15. The molecule has 3 rings (SSSR count). The van der Waals surface area contributed by atoms with Crippen molar-refractivity contribution in [3.63, 3.8) is 0 Å². The van der Waals surface area contributed by atoms with Crippen molar-refractivity contribution in [3.8, 4) is 17.2 Å². The summed E-state index contributed by atoms with van der Waals surface area (Å²) in [5, 5.41) is 4.04. The van der Waals surface area contributed by atoms with E-state index in [-0.39, 0.29) is 30.8 Å². The first kappa shape index (κ1) is 28.1. The average Bonchev–Trinajstić information content (AvgIpc) is 3.27. The van der Waals surface area contributed by atoms with Gasteiger partial charge in [-0.05, 0) is 81.1 Å². The number of ether oxygens (including phenoxy) is 3. The SMILES string of the molecule is COc1cc(CC(=O)N[C@@H]2CCC[C@H]2N(C)CCCc2ccc(Cl)cc2)cc(OC)c1OC.Cl. The Bertz CT molecular complexity index is 899. The van der Waals surface area contributed by atoms with Gasteiger partial charge in [0.05, 0.1) is 27.8 Å². The van der Waals surface area contributed by atoms with Crippen LogP contribution >= 0.6 is 24.0 Å². The van der Waals surface area contributed by atoms with E-state index in [1.54, 1.807) is 21.3 Å². The summed E-state index contributed by atoms with van der Waals surface area (Å²) >= 11 is 5.97. The molecule has 188 valence electrons. The first-order valence-electron chi connectivity index (χ1n) is 11.5. The lowest BCUT2D eigenvalue weighted by molar-refractivity contribution is -0.121. The lowest BCUT2D eigenvalue weighted by Gasteiger charge is -2.30. The van der Waals surface area contributed by atoms with E-state index in [1.807, 2.05) is 24.3 Å². The third-order valence-corrected chi connectivity index (χ3v) is 6.62. The van der Waals surface area contributed by atoms with Crippen LogP contribution in [0.4, 0.5) is 0 Å². The van der Waals surface area contributed by atoms with E-state index in [0.29, 0.717) is 23.3 Å². The number of carbonyl (C=O) groups is 1. The maximum atomic E-state index is 12.9. The zero-order valence-corrected chi connectivity index (χ0v) is 22.0. The van der Waals surface area contributed by atoms with E-state index >= 15 is 0 Å². The highest BCUT2D eigenvalue weighted by Gasteiger charge is 2.31. The largest absolute Gasteiger partial charge is 0.493 e. The number of halogens is 2. The molecule has 1 aliphatic rings. The number of amides is 1. The number of likely N-dealkylation sites (N-methyl/N-ethyl adjacent to an activating group) is 1. The van der Waals surface area contributed by atoms with Crippen molar-refractivity contribution in [1.29, 1.82) is 0 Å². The third-order valence-electron chi connectivity index (χ3n) is 6.37. The molecule has 1 N–H and O–H groups in total. The Morgan fingerprint density at radius 2 is 1.68 bits per heavy atom. The van der Waals surface area contributed by atoms with Gasteiger partial charge in [-0.3, -0.25) is 4.79 Å². The number of hydrogen-bond acceptors (Lipinski definition) is 5. The Kier molecular flexibility index (Phi) is 11.3. The fraction of sp³-hybridized carbons (Fsp3) is 0.500. The van der Waals surface area contributed by atoms with Crippen molar-refractivity contribution in [2.45, 2.75) is 50.6 Å². The first-order valence-corrected chi connectivity index (χ1v) is 11.9. The van der Waals surface area contributed by atoms with E-state index in [4.69, 9.17) is 25.8 Å². The summed E-state index contributed by atoms with van der Waals surface area (Å²) in [7, 11) is 6.88. The van der Waals surface area contributed by atoms with Crippen molar-refractivity contribution in [2.75, 3.05) is 34.9 Å². The maximum Gasteiger partial charge on any atom is 0.224 e. The number of nitrogens with one attached hydrogen (secondary N) is 1. The van der Waals surface area contributed by atoms with E-state index in [9.17, 15) is 4.79 Å². The second-order valence-corrected chi connectivity index (χ2v) is 9.03. The molecular formula is C26H36Cl2N2O4. The van der Waals surface area contributed by atoms with Crippen LogP contribution in [0.25, 0.3) is 0 Å². The molecule has 2 atom stereocenters. The normalized spacial score (nSPS) is 17.2. The number of benzene rings is 2. The average molecular weight is 511 g/mol. The van der Waals surface area contributed by atoms with Crippen LogP contribution in [0.2, 0.25) is 5.02 Å². The van der Waals surface area contributed by atoms with Crippen LogP contribution in [-0.4, -0.2) is 57.8 Å². The molecule has 2 aromatic rings. The van der Waals surface area contributed by atoms with Crippen LogP contribution < -0.4 is 19.5 Å². The van der Waals surface area contributed by atoms with Crippen LogP contribution in [0.3, 0.4) is 0 Å². The Morgan fingerprint density at radius 1 is 1.03 bits per heavy atom. The van der Waals surface area contributed by atoms with E-state index in [0.717, 1.165) is 49.2 Å². The molecule has 0 unspecified atom stereocenters. The number of hydrogen-bond donors (Lipinski definition) is 1.